The van der Waals surface area contributed by atoms with Crippen LogP contribution in [-0.4, -0.2) is 35.4 Å². The molecule has 2 aliphatic heterocycles. The molecule has 3 rings (SSSR count). The first-order chi connectivity index (χ1) is 11.0. The number of rotatable bonds is 1. The lowest BCUT2D eigenvalue weighted by Gasteiger charge is -2.31. The summed E-state index contributed by atoms with van der Waals surface area (Å²) in [5.74, 6) is -3.25. The summed E-state index contributed by atoms with van der Waals surface area (Å²) < 4.78 is 15.6. The predicted octanol–water partition coefficient (Wildman–Crippen LogP) is 1.83. The number of aromatic hydroxyl groups is 1. The molecule has 1 aromatic carbocycles. The van der Waals surface area contributed by atoms with E-state index >= 15 is 0 Å². The smallest absolute Gasteiger partial charge is 0.338 e. The molecule has 7 heteroatoms. The average molecular weight is 318 g/mol. The molecule has 0 amide bonds. The van der Waals surface area contributed by atoms with Crippen LogP contribution in [0.4, 0.5) is 0 Å². The molecule has 0 aliphatic carbocycles. The van der Waals surface area contributed by atoms with Gasteiger partial charge in [-0.3, -0.25) is 4.79 Å². The third-order valence-corrected chi connectivity index (χ3v) is 3.77. The number of hydrogen-bond acceptors (Lipinski definition) is 7. The number of aliphatic hydroxyl groups excluding tert-OH is 1. The fourth-order valence-corrected chi connectivity index (χ4v) is 2.63. The van der Waals surface area contributed by atoms with Crippen LogP contribution < -0.4 is 4.74 Å². The van der Waals surface area contributed by atoms with Gasteiger partial charge in [-0.15, -0.1) is 0 Å². The molecule has 23 heavy (non-hydrogen) atoms. The minimum atomic E-state index is -1.25. The number of esters is 1. The molecule has 0 fully saturated rings. The number of allylic oxidation sites excluding steroid dienone is 1. The van der Waals surface area contributed by atoms with Crippen LogP contribution in [0.5, 0.6) is 11.5 Å². The van der Waals surface area contributed by atoms with Crippen molar-refractivity contribution in [1.29, 1.82) is 0 Å². The van der Waals surface area contributed by atoms with E-state index in [-0.39, 0.29) is 28.2 Å². The third kappa shape index (κ3) is 2.21. The van der Waals surface area contributed by atoms with Gasteiger partial charge in [-0.1, -0.05) is 6.07 Å². The number of phenols is 1. The van der Waals surface area contributed by atoms with Crippen LogP contribution in [0.2, 0.25) is 0 Å². The standard InChI is InChI=1S/C16H14O7/c1-7-6-22-16-12(11(13(7)18)15(20)21-2)14(19)10-8(17)4-3-5-9(10)23-16/h3-6,12,16-18H,1-2H3/t12-,16-/m0/s1. The van der Waals surface area contributed by atoms with Gasteiger partial charge in [0.15, 0.2) is 5.78 Å². The monoisotopic (exact) mass is 318 g/mol. The molecule has 2 heterocycles. The van der Waals surface area contributed by atoms with Gasteiger partial charge >= 0.3 is 5.97 Å². The minimum Gasteiger partial charge on any atom is -0.507 e. The van der Waals surface area contributed by atoms with Crippen LogP contribution in [0.25, 0.3) is 0 Å². The van der Waals surface area contributed by atoms with E-state index in [1.54, 1.807) is 0 Å². The van der Waals surface area contributed by atoms with Gasteiger partial charge in [0, 0.05) is 5.57 Å². The summed E-state index contributed by atoms with van der Waals surface area (Å²) in [4.78, 5) is 24.9. The van der Waals surface area contributed by atoms with Crippen LogP contribution in [0, 0.1) is 5.92 Å². The van der Waals surface area contributed by atoms with Crippen molar-refractivity contribution in [2.75, 3.05) is 7.11 Å². The zero-order valence-corrected chi connectivity index (χ0v) is 12.4. The SMILES string of the molecule is COC(=O)C1=C(O)C(C)=CO[C@H]2Oc3cccc(O)c3C(=O)[C@H]12. The minimum absolute atomic E-state index is 0.0638. The van der Waals surface area contributed by atoms with E-state index in [4.69, 9.17) is 9.47 Å². The van der Waals surface area contributed by atoms with Crippen molar-refractivity contribution in [2.45, 2.75) is 13.2 Å². The Balaban J connectivity index is 2.20. The quantitative estimate of drug-likeness (QED) is 0.761. The molecule has 2 aliphatic rings. The summed E-state index contributed by atoms with van der Waals surface area (Å²) in [6, 6.07) is 4.37. The Morgan fingerprint density at radius 2 is 2.04 bits per heavy atom. The highest BCUT2D eigenvalue weighted by molar-refractivity contribution is 6.09. The summed E-state index contributed by atoms with van der Waals surface area (Å²) in [7, 11) is 1.14. The summed E-state index contributed by atoms with van der Waals surface area (Å²) in [6.45, 7) is 1.52. The molecule has 0 aromatic heterocycles. The van der Waals surface area contributed by atoms with Gasteiger partial charge < -0.3 is 24.4 Å². The van der Waals surface area contributed by atoms with Gasteiger partial charge in [0.25, 0.3) is 6.29 Å². The lowest BCUT2D eigenvalue weighted by molar-refractivity contribution is -0.138. The van der Waals surface area contributed by atoms with Gasteiger partial charge in [0.2, 0.25) is 0 Å². The van der Waals surface area contributed by atoms with Crippen molar-refractivity contribution in [3.63, 3.8) is 0 Å². The van der Waals surface area contributed by atoms with Crippen molar-refractivity contribution in [3.05, 3.63) is 46.9 Å². The molecule has 0 saturated carbocycles. The molecule has 2 N–H and O–H groups in total. The highest BCUT2D eigenvalue weighted by atomic mass is 16.7. The molecule has 0 unspecified atom stereocenters. The highest BCUT2D eigenvalue weighted by Gasteiger charge is 2.47. The number of benzene rings is 1. The van der Waals surface area contributed by atoms with Crippen molar-refractivity contribution < 1.29 is 34.0 Å². The first kappa shape index (κ1) is 15.0. The van der Waals surface area contributed by atoms with Crippen molar-refractivity contribution >= 4 is 11.8 Å². The summed E-state index contributed by atoms with van der Waals surface area (Å²) in [6.07, 6.45) is 0.0646. The Hall–Kier alpha value is -2.96. The van der Waals surface area contributed by atoms with Gasteiger partial charge in [0.1, 0.15) is 28.7 Å². The van der Waals surface area contributed by atoms with E-state index in [0.717, 1.165) is 7.11 Å². The Morgan fingerprint density at radius 3 is 2.74 bits per heavy atom. The number of phenolic OH excluding ortho intramolecular Hbond substituents is 1. The molecular weight excluding hydrogens is 304 g/mol. The maximum absolute atomic E-state index is 12.8. The van der Waals surface area contributed by atoms with Crippen LogP contribution in [0.15, 0.2) is 41.4 Å². The van der Waals surface area contributed by atoms with Crippen LogP contribution in [0.3, 0.4) is 0 Å². The Kier molecular flexibility index (Phi) is 3.48. The Labute approximate surface area is 131 Å². The number of methoxy groups -OCH3 is 1. The summed E-state index contributed by atoms with van der Waals surface area (Å²) >= 11 is 0. The number of hydrogen-bond donors (Lipinski definition) is 2. The number of carbonyl (C=O) groups excluding carboxylic acids is 2. The Bertz CT molecular complexity index is 760. The number of ketones is 1. The fraction of sp³-hybridized carbons (Fsp3) is 0.250. The van der Waals surface area contributed by atoms with Gasteiger partial charge in [-0.2, -0.15) is 0 Å². The van der Waals surface area contributed by atoms with E-state index in [1.165, 1.54) is 31.4 Å². The molecule has 7 nitrogen and oxygen atoms in total. The molecule has 0 radical (unpaired) electrons. The van der Waals surface area contributed by atoms with Crippen LogP contribution in [0.1, 0.15) is 17.3 Å². The highest BCUT2D eigenvalue weighted by Crippen LogP contribution is 2.41. The molecule has 0 bridgehead atoms. The van der Waals surface area contributed by atoms with E-state index in [1.807, 2.05) is 0 Å². The molecular formula is C16H14O7. The zero-order valence-electron chi connectivity index (χ0n) is 12.4. The maximum atomic E-state index is 12.8. The normalized spacial score (nSPS) is 22.9. The number of fused-ring (bicyclic) bond motifs is 2. The predicted molar refractivity (Wildman–Crippen MR) is 76.9 cm³/mol. The van der Waals surface area contributed by atoms with E-state index < -0.39 is 29.7 Å². The first-order valence-electron chi connectivity index (χ1n) is 6.82. The maximum Gasteiger partial charge on any atom is 0.338 e. The zero-order chi connectivity index (χ0) is 16.7. The topological polar surface area (TPSA) is 102 Å². The summed E-state index contributed by atoms with van der Waals surface area (Å²) in [5.41, 5.74) is -0.0711. The first-order valence-corrected chi connectivity index (χ1v) is 6.82. The Morgan fingerprint density at radius 1 is 1.30 bits per heavy atom. The largest absolute Gasteiger partial charge is 0.507 e. The van der Waals surface area contributed by atoms with Gasteiger partial charge in [-0.05, 0) is 19.1 Å². The fourth-order valence-electron chi connectivity index (χ4n) is 2.63. The molecule has 2 atom stereocenters. The van der Waals surface area contributed by atoms with E-state index in [0.29, 0.717) is 0 Å². The van der Waals surface area contributed by atoms with Gasteiger partial charge in [-0.25, -0.2) is 4.79 Å². The second kappa shape index (κ2) is 5.35. The number of Topliss-reactive ketones (excluding diaryl/α,β-unsaturated/α-hetero) is 1. The number of ether oxygens (including phenoxy) is 3. The molecule has 0 spiro atoms. The van der Waals surface area contributed by atoms with Crippen molar-refractivity contribution in [3.8, 4) is 11.5 Å². The van der Waals surface area contributed by atoms with Crippen molar-refractivity contribution in [2.24, 2.45) is 5.92 Å². The lowest BCUT2D eigenvalue weighted by Crippen LogP contribution is -2.41. The van der Waals surface area contributed by atoms with Crippen LogP contribution in [-0.2, 0) is 14.3 Å². The number of carbonyl (C=O) groups is 2. The van der Waals surface area contributed by atoms with Crippen LogP contribution >= 0.6 is 0 Å². The van der Waals surface area contributed by atoms with E-state index in [9.17, 15) is 19.8 Å². The summed E-state index contributed by atoms with van der Waals surface area (Å²) in [5, 5.41) is 20.2. The number of aliphatic hydroxyl groups is 1. The van der Waals surface area contributed by atoms with Gasteiger partial charge in [0.05, 0.1) is 18.9 Å². The third-order valence-electron chi connectivity index (χ3n) is 3.77. The molecule has 120 valence electrons. The molecule has 0 saturated heterocycles. The second-order valence-electron chi connectivity index (χ2n) is 5.17. The van der Waals surface area contributed by atoms with E-state index in [2.05, 4.69) is 4.74 Å². The average Bonchev–Trinajstić information content (AvgIpc) is 2.65. The van der Waals surface area contributed by atoms with Crippen molar-refractivity contribution in [1.82, 2.24) is 0 Å². The lowest BCUT2D eigenvalue weighted by atomic mass is 9.85. The second-order valence-corrected chi connectivity index (χ2v) is 5.17. The molecule has 1 aromatic rings.